The fourth-order valence-electron chi connectivity index (χ4n) is 2.65. The summed E-state index contributed by atoms with van der Waals surface area (Å²) < 4.78 is 10.3. The maximum atomic E-state index is 12.1. The van der Waals surface area contributed by atoms with Crippen LogP contribution in [0, 0.1) is 0 Å². The van der Waals surface area contributed by atoms with Crippen LogP contribution in [0.15, 0.2) is 36.9 Å². The molecule has 0 amide bonds. The van der Waals surface area contributed by atoms with Gasteiger partial charge in [0.05, 0.1) is 17.7 Å². The van der Waals surface area contributed by atoms with Gasteiger partial charge in [-0.2, -0.15) is 0 Å². The Labute approximate surface area is 157 Å². The van der Waals surface area contributed by atoms with Crippen molar-refractivity contribution in [2.45, 2.75) is 64.7 Å². The smallest absolute Gasteiger partial charge is 0.338 e. The average molecular weight is 360 g/mol. The monoisotopic (exact) mass is 360 g/mol. The van der Waals surface area contributed by atoms with Crippen LogP contribution in [0.1, 0.15) is 85.4 Å². The highest BCUT2D eigenvalue weighted by molar-refractivity contribution is 5.95. The topological polar surface area (TPSA) is 52.6 Å². The summed E-state index contributed by atoms with van der Waals surface area (Å²) in [7, 11) is 0. The third kappa shape index (κ3) is 9.40. The molecular formula is C22H32O4. The molecule has 0 unspecified atom stereocenters. The third-order valence-corrected chi connectivity index (χ3v) is 4.15. The van der Waals surface area contributed by atoms with E-state index >= 15 is 0 Å². The molecule has 0 fully saturated rings. The number of ether oxygens (including phenoxy) is 2. The Bertz CT molecular complexity index is 551. The molecule has 0 aliphatic rings. The average Bonchev–Trinajstić information content (AvgIpc) is 2.67. The number of carbonyl (C=O) groups is 2. The van der Waals surface area contributed by atoms with Crippen LogP contribution in [0.2, 0.25) is 0 Å². The Morgan fingerprint density at radius 1 is 0.885 bits per heavy atom. The second kappa shape index (κ2) is 14.1. The van der Waals surface area contributed by atoms with E-state index < -0.39 is 11.9 Å². The lowest BCUT2D eigenvalue weighted by Crippen LogP contribution is -2.09. The molecule has 0 bridgehead atoms. The Hall–Kier alpha value is -2.10. The minimum absolute atomic E-state index is 0.145. The largest absolute Gasteiger partial charge is 0.462 e. The summed E-state index contributed by atoms with van der Waals surface area (Å²) in [6.45, 7) is 6.29. The van der Waals surface area contributed by atoms with Crippen molar-refractivity contribution in [3.05, 3.63) is 48.0 Å². The van der Waals surface area contributed by atoms with Gasteiger partial charge in [0, 0.05) is 0 Å². The van der Waals surface area contributed by atoms with Crippen molar-refractivity contribution in [1.82, 2.24) is 0 Å². The van der Waals surface area contributed by atoms with Crippen molar-refractivity contribution in [3.63, 3.8) is 0 Å². The van der Waals surface area contributed by atoms with Crippen molar-refractivity contribution in [2.24, 2.45) is 0 Å². The quantitative estimate of drug-likeness (QED) is 0.242. The van der Waals surface area contributed by atoms with Crippen LogP contribution in [0.3, 0.4) is 0 Å². The normalized spacial score (nSPS) is 10.3. The van der Waals surface area contributed by atoms with Crippen molar-refractivity contribution in [3.8, 4) is 0 Å². The summed E-state index contributed by atoms with van der Waals surface area (Å²) in [6.07, 6.45) is 12.5. The molecule has 0 atom stereocenters. The molecule has 4 heteroatoms. The zero-order valence-electron chi connectivity index (χ0n) is 16.0. The standard InChI is InChI=1S/C22H32O4/c1-3-5-6-7-8-9-10-11-12-17-26-22(24)20-15-13-14-19(18-20)21(23)25-16-4-2/h4,13-15,18H,2-3,5-12,16-17H2,1H3. The van der Waals surface area contributed by atoms with Gasteiger partial charge in [0.2, 0.25) is 0 Å². The minimum atomic E-state index is -0.474. The van der Waals surface area contributed by atoms with E-state index in [0.717, 1.165) is 12.8 Å². The summed E-state index contributed by atoms with van der Waals surface area (Å²) in [5, 5.41) is 0. The third-order valence-electron chi connectivity index (χ3n) is 4.15. The lowest BCUT2D eigenvalue weighted by molar-refractivity contribution is 0.0497. The predicted octanol–water partition coefficient (Wildman–Crippen LogP) is 5.72. The van der Waals surface area contributed by atoms with Crippen LogP contribution in [0.25, 0.3) is 0 Å². The first-order valence-corrected chi connectivity index (χ1v) is 9.74. The summed E-state index contributed by atoms with van der Waals surface area (Å²) in [4.78, 5) is 23.9. The molecule has 1 rings (SSSR count). The molecule has 0 aliphatic carbocycles. The van der Waals surface area contributed by atoms with Gasteiger partial charge in [-0.25, -0.2) is 9.59 Å². The fourth-order valence-corrected chi connectivity index (χ4v) is 2.65. The van der Waals surface area contributed by atoms with Crippen LogP contribution < -0.4 is 0 Å². The minimum Gasteiger partial charge on any atom is -0.462 e. The van der Waals surface area contributed by atoms with Gasteiger partial charge in [0.1, 0.15) is 6.61 Å². The van der Waals surface area contributed by atoms with E-state index in [1.807, 2.05) is 0 Å². The number of benzene rings is 1. The highest BCUT2D eigenvalue weighted by Crippen LogP contribution is 2.11. The summed E-state index contributed by atoms with van der Waals surface area (Å²) >= 11 is 0. The number of rotatable bonds is 14. The van der Waals surface area contributed by atoms with E-state index in [9.17, 15) is 9.59 Å². The lowest BCUT2D eigenvalue weighted by Gasteiger charge is -2.07. The molecule has 0 N–H and O–H groups in total. The van der Waals surface area contributed by atoms with Crippen LogP contribution in [0.5, 0.6) is 0 Å². The molecule has 4 nitrogen and oxygen atoms in total. The first kappa shape index (κ1) is 21.9. The Morgan fingerprint density at radius 2 is 1.42 bits per heavy atom. The van der Waals surface area contributed by atoms with Crippen molar-refractivity contribution in [1.29, 1.82) is 0 Å². The van der Waals surface area contributed by atoms with Gasteiger partial charge in [-0.1, -0.05) is 77.0 Å². The second-order valence-electron chi connectivity index (χ2n) is 6.43. The zero-order chi connectivity index (χ0) is 19.0. The predicted molar refractivity (Wildman–Crippen MR) is 104 cm³/mol. The van der Waals surface area contributed by atoms with Gasteiger partial charge < -0.3 is 9.47 Å². The number of esters is 2. The molecule has 0 saturated heterocycles. The molecule has 26 heavy (non-hydrogen) atoms. The summed E-state index contributed by atoms with van der Waals surface area (Å²) in [5.41, 5.74) is 0.707. The molecule has 144 valence electrons. The molecule has 0 radical (unpaired) electrons. The number of hydrogen-bond donors (Lipinski definition) is 0. The maximum absolute atomic E-state index is 12.1. The van der Waals surface area contributed by atoms with E-state index in [-0.39, 0.29) is 6.61 Å². The molecule has 0 aromatic heterocycles. The van der Waals surface area contributed by atoms with Gasteiger partial charge in [-0.05, 0) is 24.6 Å². The highest BCUT2D eigenvalue weighted by atomic mass is 16.5. The first-order chi connectivity index (χ1) is 12.7. The zero-order valence-corrected chi connectivity index (χ0v) is 16.0. The van der Waals surface area contributed by atoms with Crippen molar-refractivity contribution in [2.75, 3.05) is 13.2 Å². The molecule has 1 aromatic carbocycles. The SMILES string of the molecule is C=CCOC(=O)c1cccc(C(=O)OCCCCCCCCCCC)c1. The maximum Gasteiger partial charge on any atom is 0.338 e. The van der Waals surface area contributed by atoms with E-state index in [0.29, 0.717) is 17.7 Å². The van der Waals surface area contributed by atoms with Gasteiger partial charge in [-0.3, -0.25) is 0 Å². The van der Waals surface area contributed by atoms with E-state index in [1.54, 1.807) is 18.2 Å². The van der Waals surface area contributed by atoms with Gasteiger partial charge in [0.25, 0.3) is 0 Å². The lowest BCUT2D eigenvalue weighted by atomic mass is 10.1. The Morgan fingerprint density at radius 3 is 2.00 bits per heavy atom. The molecule has 0 heterocycles. The summed E-state index contributed by atoms with van der Waals surface area (Å²) in [5.74, 6) is -0.874. The Kier molecular flexibility index (Phi) is 11.9. The highest BCUT2D eigenvalue weighted by Gasteiger charge is 2.12. The van der Waals surface area contributed by atoms with Crippen LogP contribution >= 0.6 is 0 Å². The molecule has 0 spiro atoms. The van der Waals surface area contributed by atoms with E-state index in [4.69, 9.17) is 9.47 Å². The molecule has 0 saturated carbocycles. The van der Waals surface area contributed by atoms with Gasteiger partial charge in [0.15, 0.2) is 0 Å². The number of carbonyl (C=O) groups excluding carboxylic acids is 2. The second-order valence-corrected chi connectivity index (χ2v) is 6.43. The summed E-state index contributed by atoms with van der Waals surface area (Å²) in [6, 6.07) is 6.41. The van der Waals surface area contributed by atoms with Gasteiger partial charge >= 0.3 is 11.9 Å². The van der Waals surface area contributed by atoms with Crippen LogP contribution in [-0.2, 0) is 9.47 Å². The van der Waals surface area contributed by atoms with Crippen molar-refractivity contribution >= 4 is 11.9 Å². The molecule has 0 aliphatic heterocycles. The van der Waals surface area contributed by atoms with Crippen molar-refractivity contribution < 1.29 is 19.1 Å². The van der Waals surface area contributed by atoms with E-state index in [1.165, 1.54) is 57.1 Å². The van der Waals surface area contributed by atoms with Crippen LogP contribution in [-0.4, -0.2) is 25.2 Å². The number of hydrogen-bond acceptors (Lipinski definition) is 4. The Balaban J connectivity index is 2.21. The van der Waals surface area contributed by atoms with Gasteiger partial charge in [-0.15, -0.1) is 0 Å². The van der Waals surface area contributed by atoms with Crippen LogP contribution in [0.4, 0.5) is 0 Å². The molecule has 1 aromatic rings. The van der Waals surface area contributed by atoms with E-state index in [2.05, 4.69) is 13.5 Å². The first-order valence-electron chi connectivity index (χ1n) is 9.74. The molecular weight excluding hydrogens is 328 g/mol. The number of unbranched alkanes of at least 4 members (excludes halogenated alkanes) is 8. The fraction of sp³-hybridized carbons (Fsp3) is 0.545.